The summed E-state index contributed by atoms with van der Waals surface area (Å²) in [5, 5.41) is 13.3. The van der Waals surface area contributed by atoms with Gasteiger partial charge in [0.05, 0.1) is 12.8 Å². The molecule has 148 valence electrons. The van der Waals surface area contributed by atoms with E-state index in [4.69, 9.17) is 9.47 Å². The lowest BCUT2D eigenvalue weighted by molar-refractivity contribution is -0.0484. The molecule has 0 aliphatic carbocycles. The molecule has 1 amide bonds. The highest BCUT2D eigenvalue weighted by Gasteiger charge is 2.39. The van der Waals surface area contributed by atoms with Crippen molar-refractivity contribution in [3.05, 3.63) is 68.5 Å². The molecule has 2 aromatic rings. The molecule has 28 heavy (non-hydrogen) atoms. The number of hydrogen-bond acceptors (Lipinski definition) is 7. The molecule has 1 aliphatic heterocycles. The van der Waals surface area contributed by atoms with Crippen LogP contribution in [0.4, 0.5) is 4.79 Å². The summed E-state index contributed by atoms with van der Waals surface area (Å²) in [4.78, 5) is 37.6. The maximum absolute atomic E-state index is 12.0. The van der Waals surface area contributed by atoms with Gasteiger partial charge < -0.3 is 14.6 Å². The first kappa shape index (κ1) is 19.5. The van der Waals surface area contributed by atoms with E-state index < -0.39 is 42.4 Å². The number of aromatic amines is 1. The zero-order valence-corrected chi connectivity index (χ0v) is 15.1. The Kier molecular flexibility index (Phi) is 6.02. The van der Waals surface area contributed by atoms with Crippen LogP contribution in [0.1, 0.15) is 23.8 Å². The molecule has 0 saturated carbocycles. The summed E-state index contributed by atoms with van der Waals surface area (Å²) in [7, 11) is 0. The molecule has 2 heterocycles. The van der Waals surface area contributed by atoms with Crippen LogP contribution in [0.2, 0.25) is 0 Å². The van der Waals surface area contributed by atoms with E-state index in [2.05, 4.69) is 15.5 Å². The maximum atomic E-state index is 12.0. The molecule has 1 aromatic carbocycles. The van der Waals surface area contributed by atoms with E-state index in [-0.39, 0.29) is 6.42 Å². The Morgan fingerprint density at radius 2 is 2.18 bits per heavy atom. The second-order valence-electron chi connectivity index (χ2n) is 6.25. The molecule has 0 radical (unpaired) electrons. The topological polar surface area (TPSA) is 135 Å². The van der Waals surface area contributed by atoms with Gasteiger partial charge in [0, 0.05) is 18.2 Å². The summed E-state index contributed by atoms with van der Waals surface area (Å²) in [6.45, 7) is 1.15. The molecule has 1 fully saturated rings. The van der Waals surface area contributed by atoms with Crippen molar-refractivity contribution in [1.29, 1.82) is 0 Å². The highest BCUT2D eigenvalue weighted by molar-refractivity contribution is 5.80. The second kappa shape index (κ2) is 8.63. The van der Waals surface area contributed by atoms with Crippen LogP contribution in [0.5, 0.6) is 0 Å². The smallest absolute Gasteiger partial charge is 0.428 e. The molecule has 10 nitrogen and oxygen atoms in total. The van der Waals surface area contributed by atoms with Crippen LogP contribution in [0.15, 0.2) is 51.2 Å². The number of H-pyrrole nitrogens is 1. The summed E-state index contributed by atoms with van der Waals surface area (Å²) < 4.78 is 12.1. The molecular weight excluding hydrogens is 368 g/mol. The summed E-state index contributed by atoms with van der Waals surface area (Å²) in [6.07, 6.45) is -0.245. The highest BCUT2D eigenvalue weighted by atomic mass is 16.6. The van der Waals surface area contributed by atoms with Crippen molar-refractivity contribution in [3.8, 4) is 0 Å². The van der Waals surface area contributed by atoms with E-state index in [0.717, 1.165) is 5.56 Å². The normalized spacial score (nSPS) is 21.7. The van der Waals surface area contributed by atoms with Crippen LogP contribution in [-0.2, 0) is 9.47 Å². The molecule has 1 aliphatic rings. The minimum Gasteiger partial charge on any atom is -0.442 e. The van der Waals surface area contributed by atoms with Gasteiger partial charge in [-0.25, -0.2) is 15.0 Å². The monoisotopic (exact) mass is 388 g/mol. The number of ether oxygens (including phenoxy) is 2. The second-order valence-corrected chi connectivity index (χ2v) is 6.25. The van der Waals surface area contributed by atoms with Gasteiger partial charge in [0.1, 0.15) is 18.4 Å². The van der Waals surface area contributed by atoms with Crippen LogP contribution < -0.4 is 16.7 Å². The number of hydrazone groups is 1. The molecule has 3 atom stereocenters. The summed E-state index contributed by atoms with van der Waals surface area (Å²) in [5.74, 6) is 0. The van der Waals surface area contributed by atoms with E-state index in [1.165, 1.54) is 17.0 Å². The number of nitrogens with one attached hydrogen (secondary N) is 2. The van der Waals surface area contributed by atoms with Crippen molar-refractivity contribution in [3.63, 3.8) is 0 Å². The molecule has 3 rings (SSSR count). The maximum Gasteiger partial charge on any atom is 0.428 e. The number of rotatable bonds is 5. The molecule has 1 aromatic heterocycles. The van der Waals surface area contributed by atoms with Gasteiger partial charge in [0.15, 0.2) is 0 Å². The standard InChI is InChI=1S/C18H20N4O6/c1-11-9-22(17(25)20-16(11)24)15-7-13(14(10-23)27-15)28-18(26)21-19-8-12-5-3-2-4-6-12/h2-6,8-9,13-15,23H,7,10H2,1H3,(H,21,26)(H,20,24,25)/b19-8+/t13-,14+,15+/m0/s1. The fourth-order valence-corrected chi connectivity index (χ4v) is 2.82. The SMILES string of the molecule is Cc1cn([C@H]2C[C@H](OC(=O)N/N=C/c3ccccc3)[C@@H](CO)O2)c(=O)[nH]c1=O. The summed E-state index contributed by atoms with van der Waals surface area (Å²) in [5.41, 5.74) is 2.25. The first-order valence-electron chi connectivity index (χ1n) is 8.61. The number of aromatic nitrogens is 2. The van der Waals surface area contributed by atoms with E-state index in [1.807, 2.05) is 30.3 Å². The van der Waals surface area contributed by atoms with E-state index >= 15 is 0 Å². The van der Waals surface area contributed by atoms with Crippen LogP contribution >= 0.6 is 0 Å². The molecule has 0 unspecified atom stereocenters. The number of aryl methyl sites for hydroxylation is 1. The van der Waals surface area contributed by atoms with E-state index in [9.17, 15) is 19.5 Å². The number of aliphatic hydroxyl groups excluding tert-OH is 1. The average molecular weight is 388 g/mol. The fourth-order valence-electron chi connectivity index (χ4n) is 2.82. The summed E-state index contributed by atoms with van der Waals surface area (Å²) in [6, 6.07) is 9.17. The average Bonchev–Trinajstić information content (AvgIpc) is 3.08. The molecule has 0 bridgehead atoms. The van der Waals surface area contributed by atoms with Gasteiger partial charge in [0.25, 0.3) is 5.56 Å². The predicted octanol–water partition coefficient (Wildman–Crippen LogP) is 0.254. The largest absolute Gasteiger partial charge is 0.442 e. The van der Waals surface area contributed by atoms with Crippen LogP contribution in [0.3, 0.4) is 0 Å². The predicted molar refractivity (Wildman–Crippen MR) is 99.1 cm³/mol. The number of carbonyl (C=O) groups is 1. The van der Waals surface area contributed by atoms with Crippen LogP contribution in [0, 0.1) is 6.92 Å². The first-order chi connectivity index (χ1) is 13.5. The Morgan fingerprint density at radius 1 is 1.43 bits per heavy atom. The number of nitrogens with zero attached hydrogens (tertiary/aromatic N) is 2. The lowest BCUT2D eigenvalue weighted by Crippen LogP contribution is -2.33. The van der Waals surface area contributed by atoms with Gasteiger partial charge in [-0.3, -0.25) is 14.3 Å². The molecular formula is C18H20N4O6. The molecule has 1 saturated heterocycles. The van der Waals surface area contributed by atoms with Gasteiger partial charge in [0.2, 0.25) is 0 Å². The third-order valence-electron chi connectivity index (χ3n) is 4.24. The Morgan fingerprint density at radius 3 is 2.89 bits per heavy atom. The lowest BCUT2D eigenvalue weighted by atomic mass is 10.2. The Balaban J connectivity index is 1.63. The number of carbonyl (C=O) groups excluding carboxylic acids is 1. The third-order valence-corrected chi connectivity index (χ3v) is 4.24. The quantitative estimate of drug-likeness (QED) is 0.496. The number of hydrogen-bond donors (Lipinski definition) is 3. The van der Waals surface area contributed by atoms with Crippen molar-refractivity contribution in [2.24, 2.45) is 5.10 Å². The minimum absolute atomic E-state index is 0.131. The Bertz CT molecular complexity index is 968. The van der Waals surface area contributed by atoms with Crippen molar-refractivity contribution in [2.75, 3.05) is 6.61 Å². The van der Waals surface area contributed by atoms with Gasteiger partial charge in [-0.15, -0.1) is 0 Å². The van der Waals surface area contributed by atoms with Crippen molar-refractivity contribution < 1.29 is 19.4 Å². The molecule has 10 heteroatoms. The molecule has 3 N–H and O–H groups in total. The lowest BCUT2D eigenvalue weighted by Gasteiger charge is -2.15. The zero-order chi connectivity index (χ0) is 20.1. The Hall–Kier alpha value is -3.24. The fraction of sp³-hybridized carbons (Fsp3) is 0.333. The van der Waals surface area contributed by atoms with E-state index in [0.29, 0.717) is 5.56 Å². The first-order valence-corrected chi connectivity index (χ1v) is 8.61. The Labute approximate surface area is 159 Å². The van der Waals surface area contributed by atoms with Crippen LogP contribution in [0.25, 0.3) is 0 Å². The van der Waals surface area contributed by atoms with Crippen molar-refractivity contribution in [1.82, 2.24) is 15.0 Å². The third kappa shape index (κ3) is 4.53. The van der Waals surface area contributed by atoms with Crippen molar-refractivity contribution in [2.45, 2.75) is 31.8 Å². The minimum atomic E-state index is -0.815. The molecule has 0 spiro atoms. The van der Waals surface area contributed by atoms with Crippen molar-refractivity contribution >= 4 is 12.3 Å². The van der Waals surface area contributed by atoms with Gasteiger partial charge >= 0.3 is 11.8 Å². The number of amides is 1. The van der Waals surface area contributed by atoms with Gasteiger partial charge in [-0.05, 0) is 12.5 Å². The van der Waals surface area contributed by atoms with Crippen LogP contribution in [-0.4, -0.2) is 45.8 Å². The van der Waals surface area contributed by atoms with E-state index in [1.54, 1.807) is 6.92 Å². The highest BCUT2D eigenvalue weighted by Crippen LogP contribution is 2.29. The van der Waals surface area contributed by atoms with Gasteiger partial charge in [-0.2, -0.15) is 5.10 Å². The number of aliphatic hydroxyl groups is 1. The number of benzene rings is 1. The van der Waals surface area contributed by atoms with Gasteiger partial charge in [-0.1, -0.05) is 30.3 Å². The summed E-state index contributed by atoms with van der Waals surface area (Å²) >= 11 is 0. The zero-order valence-electron chi connectivity index (χ0n) is 15.1.